The second kappa shape index (κ2) is 4.34. The zero-order valence-corrected chi connectivity index (χ0v) is 9.20. The number of rotatable bonds is 3. The van der Waals surface area contributed by atoms with Crippen molar-refractivity contribution in [2.24, 2.45) is 0 Å². The zero-order chi connectivity index (χ0) is 11.6. The molecule has 0 aromatic heterocycles. The van der Waals surface area contributed by atoms with E-state index in [4.69, 9.17) is 5.11 Å². The first-order valence-electron chi connectivity index (χ1n) is 5.04. The molecule has 0 saturated carbocycles. The van der Waals surface area contributed by atoms with Crippen LogP contribution in [0.3, 0.4) is 0 Å². The Hall–Kier alpha value is -1.51. The van der Waals surface area contributed by atoms with Gasteiger partial charge in [-0.3, -0.25) is 0 Å². The van der Waals surface area contributed by atoms with Crippen LogP contribution in [0.25, 0.3) is 0 Å². The van der Waals surface area contributed by atoms with Crippen LogP contribution in [-0.4, -0.2) is 11.1 Å². The van der Waals surface area contributed by atoms with E-state index in [-0.39, 0.29) is 17.2 Å². The molecule has 0 unspecified atom stereocenters. The van der Waals surface area contributed by atoms with Crippen LogP contribution < -0.4 is 5.11 Å². The molecule has 82 valence electrons. The van der Waals surface area contributed by atoms with Crippen molar-refractivity contribution in [1.82, 2.24) is 0 Å². The molecular formula is C12H15O3-. The van der Waals surface area contributed by atoms with Crippen molar-refractivity contribution >= 4 is 5.97 Å². The SMILES string of the molecule is CCc1cc(C(=O)O)c([O-])c(C(C)C)c1. The first-order chi connectivity index (χ1) is 6.97. The lowest BCUT2D eigenvalue weighted by molar-refractivity contribution is -0.270. The van der Waals surface area contributed by atoms with Crippen molar-refractivity contribution in [3.8, 4) is 5.75 Å². The van der Waals surface area contributed by atoms with E-state index in [0.29, 0.717) is 5.56 Å². The Morgan fingerprint density at radius 3 is 2.47 bits per heavy atom. The monoisotopic (exact) mass is 207 g/mol. The summed E-state index contributed by atoms with van der Waals surface area (Å²) in [4.78, 5) is 10.9. The highest BCUT2D eigenvalue weighted by atomic mass is 16.4. The van der Waals surface area contributed by atoms with Crippen molar-refractivity contribution in [1.29, 1.82) is 0 Å². The predicted octanol–water partition coefficient (Wildman–Crippen LogP) is 2.14. The third-order valence-corrected chi connectivity index (χ3v) is 2.44. The van der Waals surface area contributed by atoms with Crippen LogP contribution in [0.5, 0.6) is 5.75 Å². The van der Waals surface area contributed by atoms with Gasteiger partial charge in [0.15, 0.2) is 0 Å². The van der Waals surface area contributed by atoms with Gasteiger partial charge in [0, 0.05) is 0 Å². The normalized spacial score (nSPS) is 10.7. The van der Waals surface area contributed by atoms with E-state index in [1.807, 2.05) is 20.8 Å². The first-order valence-corrected chi connectivity index (χ1v) is 5.04. The van der Waals surface area contributed by atoms with Crippen LogP contribution in [0.15, 0.2) is 12.1 Å². The summed E-state index contributed by atoms with van der Waals surface area (Å²) < 4.78 is 0. The summed E-state index contributed by atoms with van der Waals surface area (Å²) in [5.74, 6) is -1.44. The molecule has 0 aliphatic heterocycles. The molecule has 0 spiro atoms. The summed E-state index contributed by atoms with van der Waals surface area (Å²) in [5, 5.41) is 20.6. The maximum Gasteiger partial charge on any atom is 0.335 e. The molecule has 1 N–H and O–H groups in total. The van der Waals surface area contributed by atoms with Gasteiger partial charge in [0.1, 0.15) is 0 Å². The minimum absolute atomic E-state index is 0.0575. The van der Waals surface area contributed by atoms with Crippen LogP contribution in [-0.2, 0) is 6.42 Å². The first kappa shape index (κ1) is 11.6. The summed E-state index contributed by atoms with van der Waals surface area (Å²) in [5.41, 5.74) is 1.38. The number of hydrogen-bond donors (Lipinski definition) is 1. The van der Waals surface area contributed by atoms with Gasteiger partial charge in [-0.15, -0.1) is 0 Å². The minimum atomic E-state index is -1.14. The molecule has 1 aromatic rings. The molecular weight excluding hydrogens is 192 g/mol. The second-order valence-corrected chi connectivity index (χ2v) is 3.88. The Morgan fingerprint density at radius 2 is 2.07 bits per heavy atom. The number of aryl methyl sites for hydroxylation is 1. The van der Waals surface area contributed by atoms with Crippen molar-refractivity contribution in [2.45, 2.75) is 33.1 Å². The molecule has 0 fully saturated rings. The van der Waals surface area contributed by atoms with E-state index >= 15 is 0 Å². The Bertz CT molecular complexity index is 381. The Balaban J connectivity index is 3.40. The average molecular weight is 207 g/mol. The van der Waals surface area contributed by atoms with Crippen molar-refractivity contribution in [2.75, 3.05) is 0 Å². The van der Waals surface area contributed by atoms with Crippen LogP contribution in [0.2, 0.25) is 0 Å². The molecule has 3 nitrogen and oxygen atoms in total. The minimum Gasteiger partial charge on any atom is -0.872 e. The number of carboxylic acids is 1. The van der Waals surface area contributed by atoms with Gasteiger partial charge in [0.2, 0.25) is 0 Å². The fourth-order valence-electron chi connectivity index (χ4n) is 1.51. The number of aromatic carboxylic acids is 1. The number of benzene rings is 1. The van der Waals surface area contributed by atoms with Crippen LogP contribution in [0, 0.1) is 0 Å². The highest BCUT2D eigenvalue weighted by Gasteiger charge is 2.11. The molecule has 15 heavy (non-hydrogen) atoms. The van der Waals surface area contributed by atoms with Crippen LogP contribution in [0.1, 0.15) is 48.2 Å². The summed E-state index contributed by atoms with van der Waals surface area (Å²) in [6.07, 6.45) is 0.736. The van der Waals surface area contributed by atoms with Crippen molar-refractivity contribution < 1.29 is 15.0 Å². The van der Waals surface area contributed by atoms with Crippen LogP contribution in [0.4, 0.5) is 0 Å². The molecule has 0 amide bonds. The summed E-state index contributed by atoms with van der Waals surface area (Å²) in [6, 6.07) is 3.27. The lowest BCUT2D eigenvalue weighted by Crippen LogP contribution is -2.09. The third-order valence-electron chi connectivity index (χ3n) is 2.44. The van der Waals surface area contributed by atoms with E-state index in [9.17, 15) is 9.90 Å². The topological polar surface area (TPSA) is 60.4 Å². The Kier molecular flexibility index (Phi) is 3.35. The summed E-state index contributed by atoms with van der Waals surface area (Å²) >= 11 is 0. The van der Waals surface area contributed by atoms with E-state index in [2.05, 4.69) is 0 Å². The van der Waals surface area contributed by atoms with E-state index < -0.39 is 5.97 Å². The number of carbonyl (C=O) groups is 1. The van der Waals surface area contributed by atoms with Gasteiger partial charge >= 0.3 is 5.97 Å². The predicted molar refractivity (Wildman–Crippen MR) is 56.3 cm³/mol. The molecule has 0 aliphatic rings. The number of carboxylic acid groups (broad SMARTS) is 1. The maximum absolute atomic E-state index is 11.7. The molecule has 0 aliphatic carbocycles. The smallest absolute Gasteiger partial charge is 0.335 e. The molecule has 0 radical (unpaired) electrons. The Morgan fingerprint density at radius 1 is 1.47 bits per heavy atom. The van der Waals surface area contributed by atoms with Crippen LogP contribution >= 0.6 is 0 Å². The fraction of sp³-hybridized carbons (Fsp3) is 0.417. The standard InChI is InChI=1S/C12H16O3/c1-4-8-5-9(7(2)3)11(13)10(6-8)12(14)15/h5-7,13H,4H2,1-3H3,(H,14,15)/p-1. The van der Waals surface area contributed by atoms with Gasteiger partial charge in [0.05, 0.1) is 5.56 Å². The van der Waals surface area contributed by atoms with Crippen molar-refractivity contribution in [3.63, 3.8) is 0 Å². The van der Waals surface area contributed by atoms with E-state index in [1.165, 1.54) is 6.07 Å². The largest absolute Gasteiger partial charge is 0.872 e. The molecule has 1 rings (SSSR count). The lowest BCUT2D eigenvalue weighted by Gasteiger charge is -2.20. The highest BCUT2D eigenvalue weighted by Crippen LogP contribution is 2.28. The zero-order valence-electron chi connectivity index (χ0n) is 9.20. The lowest BCUT2D eigenvalue weighted by atomic mass is 9.95. The Labute approximate surface area is 89.4 Å². The molecule has 0 saturated heterocycles. The second-order valence-electron chi connectivity index (χ2n) is 3.88. The quantitative estimate of drug-likeness (QED) is 0.826. The van der Waals surface area contributed by atoms with Gasteiger partial charge in [-0.25, -0.2) is 4.79 Å². The highest BCUT2D eigenvalue weighted by molar-refractivity contribution is 5.91. The molecule has 0 bridgehead atoms. The maximum atomic E-state index is 11.7. The van der Waals surface area contributed by atoms with E-state index in [0.717, 1.165) is 12.0 Å². The molecule has 3 heteroatoms. The third kappa shape index (κ3) is 2.29. The van der Waals surface area contributed by atoms with Gasteiger partial charge in [-0.1, -0.05) is 38.2 Å². The summed E-state index contributed by atoms with van der Waals surface area (Å²) in [7, 11) is 0. The van der Waals surface area contributed by atoms with E-state index in [1.54, 1.807) is 6.07 Å². The number of hydrogen-bond acceptors (Lipinski definition) is 2. The van der Waals surface area contributed by atoms with Crippen molar-refractivity contribution in [3.05, 3.63) is 28.8 Å². The summed E-state index contributed by atoms with van der Waals surface area (Å²) in [6.45, 7) is 5.72. The van der Waals surface area contributed by atoms with Gasteiger partial charge in [-0.2, -0.15) is 0 Å². The van der Waals surface area contributed by atoms with Gasteiger partial charge < -0.3 is 10.2 Å². The fourth-order valence-corrected chi connectivity index (χ4v) is 1.51. The average Bonchev–Trinajstić information content (AvgIpc) is 2.17. The molecule has 0 heterocycles. The van der Waals surface area contributed by atoms with Gasteiger partial charge in [-0.05, 0) is 24.0 Å². The molecule has 1 aromatic carbocycles. The molecule has 0 atom stereocenters. The van der Waals surface area contributed by atoms with Gasteiger partial charge in [0.25, 0.3) is 0 Å².